The summed E-state index contributed by atoms with van der Waals surface area (Å²) in [6, 6.07) is 9.90. The van der Waals surface area contributed by atoms with Crippen LogP contribution in [0.25, 0.3) is 5.69 Å². The first-order chi connectivity index (χ1) is 12.2. The van der Waals surface area contributed by atoms with Gasteiger partial charge in [-0.2, -0.15) is 5.10 Å². The van der Waals surface area contributed by atoms with Crippen LogP contribution in [-0.4, -0.2) is 26.3 Å². The number of nitrogens with one attached hydrogen (secondary N) is 3. The molecular weight excluding hydrogens is 316 g/mol. The van der Waals surface area contributed by atoms with Gasteiger partial charge in [-0.25, -0.2) is 9.67 Å². The fourth-order valence-corrected chi connectivity index (χ4v) is 3.19. The molecule has 0 fully saturated rings. The molecule has 0 unspecified atom stereocenters. The van der Waals surface area contributed by atoms with Gasteiger partial charge in [0.2, 0.25) is 5.95 Å². The van der Waals surface area contributed by atoms with Gasteiger partial charge < -0.3 is 10.6 Å². The van der Waals surface area contributed by atoms with Crippen LogP contribution in [-0.2, 0) is 13.0 Å². The molecule has 1 aliphatic heterocycles. The predicted molar refractivity (Wildman–Crippen MR) is 95.9 cm³/mol. The van der Waals surface area contributed by atoms with Crippen molar-refractivity contribution in [3.63, 3.8) is 0 Å². The lowest BCUT2D eigenvalue weighted by Crippen LogP contribution is -2.31. The smallest absolute Gasteiger partial charge is 0.255 e. The fraction of sp³-hybridized carbons (Fsp3) is 0.278. The Kier molecular flexibility index (Phi) is 4.07. The van der Waals surface area contributed by atoms with Crippen molar-refractivity contribution >= 4 is 5.95 Å². The molecule has 0 aliphatic carbocycles. The zero-order valence-electron chi connectivity index (χ0n) is 14.0. The molecule has 7 nitrogen and oxygen atoms in total. The Balaban J connectivity index is 1.64. The van der Waals surface area contributed by atoms with E-state index in [-0.39, 0.29) is 11.6 Å². The summed E-state index contributed by atoms with van der Waals surface area (Å²) in [5, 5.41) is 10.9. The van der Waals surface area contributed by atoms with Crippen LogP contribution in [0.4, 0.5) is 5.95 Å². The van der Waals surface area contributed by atoms with E-state index >= 15 is 0 Å². The van der Waals surface area contributed by atoms with Gasteiger partial charge >= 0.3 is 0 Å². The highest BCUT2D eigenvalue weighted by Gasteiger charge is 2.17. The number of aromatic amines is 1. The molecule has 4 rings (SSSR count). The van der Waals surface area contributed by atoms with E-state index in [0.29, 0.717) is 12.5 Å². The van der Waals surface area contributed by atoms with E-state index < -0.39 is 0 Å². The van der Waals surface area contributed by atoms with Crippen molar-refractivity contribution in [3.05, 3.63) is 69.9 Å². The first-order valence-electron chi connectivity index (χ1n) is 8.40. The maximum absolute atomic E-state index is 12.3. The Bertz CT molecular complexity index is 931. The van der Waals surface area contributed by atoms with Gasteiger partial charge in [0.1, 0.15) is 0 Å². The standard InChI is InChI=1S/C18H20N6O/c1-12(13-5-2-3-6-16(13)24-10-4-8-20-24)21-18-22-15-11-19-9-7-14(15)17(25)23-18/h2-6,8,10,12,19H,7,9,11H2,1H3,(H2,21,22,23,25)/t12-/m1/s1. The number of aromatic nitrogens is 4. The number of hydrogen-bond donors (Lipinski definition) is 3. The maximum atomic E-state index is 12.3. The molecule has 128 valence electrons. The molecule has 25 heavy (non-hydrogen) atoms. The maximum Gasteiger partial charge on any atom is 0.255 e. The van der Waals surface area contributed by atoms with Gasteiger partial charge in [-0.3, -0.25) is 9.78 Å². The molecule has 0 amide bonds. The van der Waals surface area contributed by atoms with Crippen molar-refractivity contribution in [2.45, 2.75) is 25.9 Å². The predicted octanol–water partition coefficient (Wildman–Crippen LogP) is 1.77. The van der Waals surface area contributed by atoms with E-state index in [1.54, 1.807) is 6.20 Å². The fourth-order valence-electron chi connectivity index (χ4n) is 3.19. The van der Waals surface area contributed by atoms with Gasteiger partial charge in [0, 0.05) is 24.5 Å². The van der Waals surface area contributed by atoms with Gasteiger partial charge in [-0.1, -0.05) is 18.2 Å². The molecule has 0 saturated heterocycles. The Morgan fingerprint density at radius 3 is 3.00 bits per heavy atom. The highest BCUT2D eigenvalue weighted by atomic mass is 16.1. The lowest BCUT2D eigenvalue weighted by molar-refractivity contribution is 0.618. The van der Waals surface area contributed by atoms with E-state index in [9.17, 15) is 4.79 Å². The van der Waals surface area contributed by atoms with E-state index in [1.165, 1.54) is 0 Å². The Hall–Kier alpha value is -2.93. The topological polar surface area (TPSA) is 87.6 Å². The minimum absolute atomic E-state index is 0.0434. The first-order valence-corrected chi connectivity index (χ1v) is 8.40. The van der Waals surface area contributed by atoms with Crippen LogP contribution in [0.3, 0.4) is 0 Å². The number of rotatable bonds is 4. The van der Waals surface area contributed by atoms with E-state index in [4.69, 9.17) is 0 Å². The monoisotopic (exact) mass is 336 g/mol. The normalized spacial score (nSPS) is 14.8. The van der Waals surface area contributed by atoms with Crippen molar-refractivity contribution in [1.29, 1.82) is 0 Å². The van der Waals surface area contributed by atoms with Crippen LogP contribution in [0.2, 0.25) is 0 Å². The molecule has 3 aromatic rings. The molecule has 1 atom stereocenters. The molecule has 0 radical (unpaired) electrons. The summed E-state index contributed by atoms with van der Waals surface area (Å²) >= 11 is 0. The minimum Gasteiger partial charge on any atom is -0.349 e. The quantitative estimate of drug-likeness (QED) is 0.676. The molecular formula is C18H20N6O. The summed E-state index contributed by atoms with van der Waals surface area (Å²) in [5.41, 5.74) is 3.62. The second kappa shape index (κ2) is 6.52. The summed E-state index contributed by atoms with van der Waals surface area (Å²) in [5.74, 6) is 0.496. The molecule has 0 spiro atoms. The van der Waals surface area contributed by atoms with Crippen LogP contribution in [0.5, 0.6) is 0 Å². The molecule has 7 heteroatoms. The van der Waals surface area contributed by atoms with Crippen molar-refractivity contribution in [1.82, 2.24) is 25.1 Å². The molecule has 3 N–H and O–H groups in total. The number of anilines is 1. The van der Waals surface area contributed by atoms with E-state index in [0.717, 1.165) is 35.5 Å². The van der Waals surface area contributed by atoms with E-state index in [2.05, 4.69) is 25.7 Å². The molecule has 1 aromatic carbocycles. The number of para-hydroxylation sites is 1. The highest BCUT2D eigenvalue weighted by Crippen LogP contribution is 2.23. The average Bonchev–Trinajstić information content (AvgIpc) is 3.16. The number of benzene rings is 1. The van der Waals surface area contributed by atoms with Crippen LogP contribution in [0, 0.1) is 0 Å². The number of H-pyrrole nitrogens is 1. The van der Waals surface area contributed by atoms with Crippen LogP contribution >= 0.6 is 0 Å². The van der Waals surface area contributed by atoms with Gasteiger partial charge in [0.05, 0.1) is 17.4 Å². The van der Waals surface area contributed by atoms with Gasteiger partial charge in [-0.15, -0.1) is 0 Å². The Morgan fingerprint density at radius 2 is 2.16 bits per heavy atom. The zero-order valence-corrected chi connectivity index (χ0v) is 14.0. The number of fused-ring (bicyclic) bond motifs is 1. The Morgan fingerprint density at radius 1 is 1.28 bits per heavy atom. The summed E-state index contributed by atoms with van der Waals surface area (Å²) in [4.78, 5) is 19.7. The van der Waals surface area contributed by atoms with Crippen molar-refractivity contribution in [2.24, 2.45) is 0 Å². The molecule has 2 aromatic heterocycles. The number of nitrogens with zero attached hydrogens (tertiary/aromatic N) is 3. The van der Waals surface area contributed by atoms with Crippen molar-refractivity contribution < 1.29 is 0 Å². The molecule has 0 saturated carbocycles. The number of hydrogen-bond acceptors (Lipinski definition) is 5. The summed E-state index contributed by atoms with van der Waals surface area (Å²) in [6.07, 6.45) is 4.39. The SMILES string of the molecule is C[C@@H](Nc1nc2c(c(=O)[nH]1)CCNC2)c1ccccc1-n1cccn1. The van der Waals surface area contributed by atoms with Crippen LogP contribution < -0.4 is 16.2 Å². The Labute approximate surface area is 145 Å². The van der Waals surface area contributed by atoms with Crippen LogP contribution in [0.1, 0.15) is 29.8 Å². The first kappa shape index (κ1) is 15.6. The third kappa shape index (κ3) is 3.06. The van der Waals surface area contributed by atoms with Gasteiger partial charge in [0.15, 0.2) is 0 Å². The molecule has 1 aliphatic rings. The second-order valence-electron chi connectivity index (χ2n) is 6.14. The van der Waals surface area contributed by atoms with Crippen LogP contribution in [0.15, 0.2) is 47.5 Å². The third-order valence-corrected chi connectivity index (χ3v) is 4.45. The summed E-state index contributed by atoms with van der Waals surface area (Å²) in [6.45, 7) is 3.49. The largest absolute Gasteiger partial charge is 0.349 e. The highest BCUT2D eigenvalue weighted by molar-refractivity contribution is 5.45. The molecule has 0 bridgehead atoms. The van der Waals surface area contributed by atoms with Crippen molar-refractivity contribution in [3.8, 4) is 5.69 Å². The minimum atomic E-state index is -0.0541. The van der Waals surface area contributed by atoms with Gasteiger partial charge in [-0.05, 0) is 37.6 Å². The average molecular weight is 336 g/mol. The lowest BCUT2D eigenvalue weighted by Gasteiger charge is -2.20. The lowest BCUT2D eigenvalue weighted by atomic mass is 10.1. The zero-order chi connectivity index (χ0) is 17.2. The van der Waals surface area contributed by atoms with E-state index in [1.807, 2.05) is 48.1 Å². The summed E-state index contributed by atoms with van der Waals surface area (Å²) < 4.78 is 1.83. The van der Waals surface area contributed by atoms with Crippen molar-refractivity contribution in [2.75, 3.05) is 11.9 Å². The summed E-state index contributed by atoms with van der Waals surface area (Å²) in [7, 11) is 0. The van der Waals surface area contributed by atoms with Gasteiger partial charge in [0.25, 0.3) is 5.56 Å². The molecule has 3 heterocycles. The second-order valence-corrected chi connectivity index (χ2v) is 6.14. The third-order valence-electron chi connectivity index (χ3n) is 4.45.